The molecule has 0 bridgehead atoms. The Morgan fingerprint density at radius 3 is 2.59 bits per heavy atom. The van der Waals surface area contributed by atoms with Crippen LogP contribution in [0.15, 0.2) is 5.10 Å². The first-order valence-corrected chi connectivity index (χ1v) is 5.80. The molecule has 0 heterocycles. The van der Waals surface area contributed by atoms with Crippen LogP contribution in [-0.2, 0) is 14.3 Å². The molecule has 0 aliphatic carbocycles. The summed E-state index contributed by atoms with van der Waals surface area (Å²) in [5.74, 6) is -0.444. The number of carbonyl (C=O) groups is 2. The van der Waals surface area contributed by atoms with Gasteiger partial charge in [-0.05, 0) is 26.7 Å². The highest BCUT2D eigenvalue weighted by Crippen LogP contribution is 2.06. The van der Waals surface area contributed by atoms with E-state index in [1.807, 2.05) is 0 Å². The van der Waals surface area contributed by atoms with E-state index in [0.717, 1.165) is 0 Å². The number of esters is 1. The highest BCUT2D eigenvalue weighted by atomic mass is 35.5. The Labute approximate surface area is 105 Å². The van der Waals surface area contributed by atoms with Gasteiger partial charge in [-0.25, -0.2) is 10.2 Å². The molecule has 1 N–H and O–H groups in total. The van der Waals surface area contributed by atoms with Crippen LogP contribution in [0.5, 0.6) is 0 Å². The topological polar surface area (TPSA) is 77.0 Å². The third-order valence-corrected chi connectivity index (χ3v) is 2.01. The number of hydrazone groups is 1. The lowest BCUT2D eigenvalue weighted by Gasteiger charge is -2.06. The predicted molar refractivity (Wildman–Crippen MR) is 64.2 cm³/mol. The lowest BCUT2D eigenvalue weighted by Crippen LogP contribution is -2.19. The summed E-state index contributed by atoms with van der Waals surface area (Å²) < 4.78 is 9.30. The summed E-state index contributed by atoms with van der Waals surface area (Å²) >= 11 is 5.75. The molecule has 0 radical (unpaired) electrons. The minimum Gasteiger partial charge on any atom is -0.465 e. The Kier molecular flexibility index (Phi) is 9.14. The van der Waals surface area contributed by atoms with Crippen molar-refractivity contribution in [3.8, 4) is 0 Å². The Bertz CT molecular complexity index is 271. The lowest BCUT2D eigenvalue weighted by atomic mass is 10.2. The van der Waals surface area contributed by atoms with Crippen molar-refractivity contribution in [3.63, 3.8) is 0 Å². The van der Waals surface area contributed by atoms with Gasteiger partial charge in [-0.2, -0.15) is 5.10 Å². The lowest BCUT2D eigenvalue weighted by molar-refractivity contribution is -0.142. The zero-order chi connectivity index (χ0) is 13.1. The summed E-state index contributed by atoms with van der Waals surface area (Å²) in [6.07, 6.45) is 1.69. The summed E-state index contributed by atoms with van der Waals surface area (Å²) in [6.45, 7) is 4.00. The van der Waals surface area contributed by atoms with Crippen molar-refractivity contribution >= 4 is 29.9 Å². The van der Waals surface area contributed by atoms with Crippen molar-refractivity contribution in [1.82, 2.24) is 5.43 Å². The molecule has 1 atom stereocenters. The molecule has 7 heteroatoms. The second-order valence-electron chi connectivity index (χ2n) is 2.94. The van der Waals surface area contributed by atoms with E-state index in [-0.39, 0.29) is 6.61 Å². The maximum Gasteiger partial charge on any atom is 0.427 e. The number of amides is 1. The molecule has 6 nitrogen and oxygen atoms in total. The van der Waals surface area contributed by atoms with Crippen LogP contribution in [0.1, 0.15) is 26.7 Å². The van der Waals surface area contributed by atoms with Gasteiger partial charge in [0.1, 0.15) is 5.38 Å². The first-order chi connectivity index (χ1) is 8.11. The van der Waals surface area contributed by atoms with Gasteiger partial charge < -0.3 is 9.47 Å². The molecule has 0 saturated carbocycles. The molecule has 0 fully saturated rings. The number of hydrogen-bond acceptors (Lipinski definition) is 5. The Morgan fingerprint density at radius 1 is 1.35 bits per heavy atom. The summed E-state index contributed by atoms with van der Waals surface area (Å²) in [4.78, 5) is 21.9. The van der Waals surface area contributed by atoms with Crippen LogP contribution in [0, 0.1) is 0 Å². The maximum absolute atomic E-state index is 11.1. The van der Waals surface area contributed by atoms with Crippen LogP contribution in [-0.4, -0.2) is 36.9 Å². The van der Waals surface area contributed by atoms with Gasteiger partial charge >= 0.3 is 12.1 Å². The number of carbonyl (C=O) groups excluding carboxylic acids is 2. The summed E-state index contributed by atoms with van der Waals surface area (Å²) in [6, 6.07) is 0. The van der Waals surface area contributed by atoms with Crippen LogP contribution in [0.4, 0.5) is 4.79 Å². The van der Waals surface area contributed by atoms with E-state index < -0.39 is 17.4 Å². The number of halogens is 1. The first-order valence-electron chi connectivity index (χ1n) is 5.36. The van der Waals surface area contributed by atoms with Crippen molar-refractivity contribution in [2.75, 3.05) is 13.2 Å². The summed E-state index contributed by atoms with van der Waals surface area (Å²) in [7, 11) is 0. The standard InChI is InChI=1S/C10H17ClN2O4/c1-3-16-9(14)8(11)6-5-7-12-13-10(15)17-4-2/h7-8H,3-6H2,1-2H3,(H,13,15)/b12-7+. The number of alkyl halides is 1. The minimum absolute atomic E-state index is 0.286. The van der Waals surface area contributed by atoms with Crippen molar-refractivity contribution in [1.29, 1.82) is 0 Å². The van der Waals surface area contributed by atoms with Crippen molar-refractivity contribution in [2.24, 2.45) is 5.10 Å². The third kappa shape index (κ3) is 8.50. The van der Waals surface area contributed by atoms with Gasteiger partial charge in [0.25, 0.3) is 0 Å². The molecule has 1 unspecified atom stereocenters. The fraction of sp³-hybridized carbons (Fsp3) is 0.700. The molecule has 0 spiro atoms. The zero-order valence-corrected chi connectivity index (χ0v) is 10.7. The van der Waals surface area contributed by atoms with Crippen molar-refractivity contribution < 1.29 is 19.1 Å². The molecular formula is C10H17ClN2O4. The molecule has 0 aliphatic rings. The van der Waals surface area contributed by atoms with E-state index in [0.29, 0.717) is 19.4 Å². The van der Waals surface area contributed by atoms with Crippen molar-refractivity contribution in [2.45, 2.75) is 32.1 Å². The zero-order valence-electron chi connectivity index (χ0n) is 9.94. The minimum atomic E-state index is -0.691. The Morgan fingerprint density at radius 2 is 2.00 bits per heavy atom. The quantitative estimate of drug-likeness (QED) is 0.328. The van der Waals surface area contributed by atoms with Crippen LogP contribution < -0.4 is 5.43 Å². The molecule has 0 aromatic rings. The van der Waals surface area contributed by atoms with Gasteiger partial charge in [0.15, 0.2) is 0 Å². The van der Waals surface area contributed by atoms with Crippen LogP contribution >= 0.6 is 11.6 Å². The van der Waals surface area contributed by atoms with Gasteiger partial charge in [-0.15, -0.1) is 11.6 Å². The highest BCUT2D eigenvalue weighted by molar-refractivity contribution is 6.29. The van der Waals surface area contributed by atoms with E-state index in [1.165, 1.54) is 6.21 Å². The van der Waals surface area contributed by atoms with Crippen LogP contribution in [0.3, 0.4) is 0 Å². The summed E-state index contributed by atoms with van der Waals surface area (Å²) in [5, 5.41) is 2.92. The van der Waals surface area contributed by atoms with Crippen LogP contribution in [0.25, 0.3) is 0 Å². The normalized spacial score (nSPS) is 12.2. The highest BCUT2D eigenvalue weighted by Gasteiger charge is 2.14. The smallest absolute Gasteiger partial charge is 0.427 e. The van der Waals surface area contributed by atoms with Gasteiger partial charge in [0.2, 0.25) is 0 Å². The number of ether oxygens (including phenoxy) is 2. The fourth-order valence-electron chi connectivity index (χ4n) is 0.898. The molecule has 98 valence electrons. The van der Waals surface area contributed by atoms with E-state index in [2.05, 4.69) is 15.3 Å². The van der Waals surface area contributed by atoms with Gasteiger partial charge in [-0.1, -0.05) is 0 Å². The number of nitrogens with one attached hydrogen (secondary N) is 1. The van der Waals surface area contributed by atoms with Gasteiger partial charge in [0, 0.05) is 6.21 Å². The Balaban J connectivity index is 3.65. The molecule has 0 aliphatic heterocycles. The van der Waals surface area contributed by atoms with E-state index in [1.54, 1.807) is 13.8 Å². The average molecular weight is 265 g/mol. The number of rotatable bonds is 7. The molecule has 0 saturated heterocycles. The molecule has 0 aromatic heterocycles. The van der Waals surface area contributed by atoms with Gasteiger partial charge in [0.05, 0.1) is 13.2 Å². The average Bonchev–Trinajstić information content (AvgIpc) is 2.29. The predicted octanol–water partition coefficient (Wildman–Crippen LogP) is 1.67. The van der Waals surface area contributed by atoms with E-state index in [4.69, 9.17) is 16.3 Å². The maximum atomic E-state index is 11.1. The van der Waals surface area contributed by atoms with E-state index in [9.17, 15) is 9.59 Å². The second-order valence-corrected chi connectivity index (χ2v) is 3.47. The Hall–Kier alpha value is -1.30. The SMILES string of the molecule is CCOC(=O)N/N=C/CCC(Cl)C(=O)OCC. The fourth-order valence-corrected chi connectivity index (χ4v) is 1.09. The third-order valence-electron chi connectivity index (χ3n) is 1.61. The number of nitrogens with zero attached hydrogens (tertiary/aromatic N) is 1. The van der Waals surface area contributed by atoms with Crippen LogP contribution in [0.2, 0.25) is 0 Å². The van der Waals surface area contributed by atoms with E-state index >= 15 is 0 Å². The molecule has 0 rings (SSSR count). The largest absolute Gasteiger partial charge is 0.465 e. The van der Waals surface area contributed by atoms with Gasteiger partial charge in [-0.3, -0.25) is 4.79 Å². The summed E-state index contributed by atoms with van der Waals surface area (Å²) in [5.41, 5.74) is 2.16. The molecule has 1 amide bonds. The van der Waals surface area contributed by atoms with Crippen molar-refractivity contribution in [3.05, 3.63) is 0 Å². The first kappa shape index (κ1) is 15.7. The monoisotopic (exact) mass is 264 g/mol. The number of hydrogen-bond donors (Lipinski definition) is 1. The molecular weight excluding hydrogens is 248 g/mol. The molecule has 0 aromatic carbocycles. The molecule has 17 heavy (non-hydrogen) atoms. The second kappa shape index (κ2) is 9.89.